The van der Waals surface area contributed by atoms with Crippen molar-refractivity contribution in [3.05, 3.63) is 88.3 Å². The highest BCUT2D eigenvalue weighted by Crippen LogP contribution is 2.42. The number of Topliss-reactive ketones (excluding diaryl/α,β-unsaturated/α-hetero) is 1. The monoisotopic (exact) mass is 467 g/mol. The molecule has 0 radical (unpaired) electrons. The topological polar surface area (TPSA) is 89.2 Å². The van der Waals surface area contributed by atoms with Crippen LogP contribution >= 0.6 is 11.6 Å². The molecule has 1 aromatic heterocycles. The summed E-state index contributed by atoms with van der Waals surface area (Å²) in [5.74, 6) is -0.576. The maximum absolute atomic E-state index is 13.1. The smallest absolute Gasteiger partial charge is 0.296 e. The summed E-state index contributed by atoms with van der Waals surface area (Å²) in [5.41, 5.74) is 0.902. The molecular formula is C25H22ClNO6. The van der Waals surface area contributed by atoms with Gasteiger partial charge in [-0.15, -0.1) is 0 Å². The summed E-state index contributed by atoms with van der Waals surface area (Å²) in [7, 11) is 1.44. The lowest BCUT2D eigenvalue weighted by Crippen LogP contribution is -2.29. The molecule has 170 valence electrons. The van der Waals surface area contributed by atoms with E-state index in [1.807, 2.05) is 19.1 Å². The molecule has 0 aliphatic carbocycles. The van der Waals surface area contributed by atoms with Gasteiger partial charge in [0.25, 0.3) is 11.7 Å². The lowest BCUT2D eigenvalue weighted by molar-refractivity contribution is -0.140. The van der Waals surface area contributed by atoms with Gasteiger partial charge in [0.05, 0.1) is 31.1 Å². The molecule has 2 aromatic carbocycles. The Morgan fingerprint density at radius 1 is 1.15 bits per heavy atom. The summed E-state index contributed by atoms with van der Waals surface area (Å²) >= 11 is 6.12. The van der Waals surface area contributed by atoms with Crippen LogP contribution in [0.3, 0.4) is 0 Å². The Kier molecular flexibility index (Phi) is 6.42. The SMILES string of the molecule is CCOc1ccc(CN2C(=O)C(=O)/C(=C(\O)c3cc(Cl)ccc3OC)C2c2ccco2)cc1. The fourth-order valence-corrected chi connectivity index (χ4v) is 4.02. The molecule has 7 nitrogen and oxygen atoms in total. The zero-order valence-electron chi connectivity index (χ0n) is 18.1. The second kappa shape index (κ2) is 9.42. The third-order valence-electron chi connectivity index (χ3n) is 5.36. The number of likely N-dealkylation sites (tertiary alicyclic amines) is 1. The molecule has 4 rings (SSSR count). The van der Waals surface area contributed by atoms with Crippen LogP contribution in [0.1, 0.15) is 29.9 Å². The van der Waals surface area contributed by atoms with Crippen molar-refractivity contribution < 1.29 is 28.6 Å². The minimum Gasteiger partial charge on any atom is -0.507 e. The number of aliphatic hydroxyl groups is 1. The Labute approximate surface area is 195 Å². The predicted molar refractivity (Wildman–Crippen MR) is 122 cm³/mol. The third-order valence-corrected chi connectivity index (χ3v) is 5.59. The van der Waals surface area contributed by atoms with Gasteiger partial charge >= 0.3 is 0 Å². The molecule has 2 heterocycles. The van der Waals surface area contributed by atoms with E-state index in [9.17, 15) is 14.7 Å². The van der Waals surface area contributed by atoms with Crippen molar-refractivity contribution in [2.75, 3.05) is 13.7 Å². The summed E-state index contributed by atoms with van der Waals surface area (Å²) in [6, 6.07) is 14.3. The van der Waals surface area contributed by atoms with Crippen LogP contribution in [0.4, 0.5) is 0 Å². The van der Waals surface area contributed by atoms with Crippen LogP contribution in [0.5, 0.6) is 11.5 Å². The number of ketones is 1. The zero-order valence-corrected chi connectivity index (χ0v) is 18.8. The first kappa shape index (κ1) is 22.5. The van der Waals surface area contributed by atoms with Gasteiger partial charge in [0.1, 0.15) is 29.1 Å². The van der Waals surface area contributed by atoms with Gasteiger partial charge in [-0.05, 0) is 55.0 Å². The summed E-state index contributed by atoms with van der Waals surface area (Å²) in [6.45, 7) is 2.57. The molecule has 1 aliphatic heterocycles. The highest BCUT2D eigenvalue weighted by Gasteiger charge is 2.47. The first-order valence-electron chi connectivity index (χ1n) is 10.3. The molecule has 0 spiro atoms. The molecule has 33 heavy (non-hydrogen) atoms. The van der Waals surface area contributed by atoms with E-state index in [4.69, 9.17) is 25.5 Å². The summed E-state index contributed by atoms with van der Waals surface area (Å²) in [4.78, 5) is 27.5. The third kappa shape index (κ3) is 4.32. The van der Waals surface area contributed by atoms with E-state index in [1.54, 1.807) is 36.4 Å². The maximum atomic E-state index is 13.1. The fraction of sp³-hybridized carbons (Fsp3) is 0.200. The predicted octanol–water partition coefficient (Wildman–Crippen LogP) is 4.96. The van der Waals surface area contributed by atoms with E-state index >= 15 is 0 Å². The van der Waals surface area contributed by atoms with Gasteiger partial charge in [-0.25, -0.2) is 0 Å². The number of halogens is 1. The van der Waals surface area contributed by atoms with E-state index in [0.717, 1.165) is 5.56 Å². The number of hydrogen-bond donors (Lipinski definition) is 1. The lowest BCUT2D eigenvalue weighted by Gasteiger charge is -2.23. The molecule has 8 heteroatoms. The normalized spacial score (nSPS) is 17.4. The molecule has 1 saturated heterocycles. The molecule has 0 saturated carbocycles. The Hall–Kier alpha value is -3.71. The standard InChI is InChI=1S/C25H22ClNO6/c1-3-32-17-9-6-15(7-10-17)14-27-22(20-5-4-12-33-20)21(24(29)25(27)30)23(28)18-13-16(26)8-11-19(18)31-2/h4-13,22,28H,3,14H2,1-2H3/b23-21-. The van der Waals surface area contributed by atoms with Crippen molar-refractivity contribution in [3.63, 3.8) is 0 Å². The van der Waals surface area contributed by atoms with Gasteiger partial charge in [0, 0.05) is 11.6 Å². The van der Waals surface area contributed by atoms with Crippen LogP contribution in [0.2, 0.25) is 5.02 Å². The van der Waals surface area contributed by atoms with E-state index in [0.29, 0.717) is 28.9 Å². The first-order chi connectivity index (χ1) is 15.9. The van der Waals surface area contributed by atoms with Crippen LogP contribution in [0, 0.1) is 0 Å². The Morgan fingerprint density at radius 2 is 1.91 bits per heavy atom. The molecule has 3 aromatic rings. The highest BCUT2D eigenvalue weighted by molar-refractivity contribution is 6.46. The van der Waals surface area contributed by atoms with Crippen LogP contribution < -0.4 is 9.47 Å². The van der Waals surface area contributed by atoms with Gasteiger partial charge in [0.15, 0.2) is 0 Å². The number of hydrogen-bond acceptors (Lipinski definition) is 6. The minimum absolute atomic E-state index is 0.0959. The van der Waals surface area contributed by atoms with Crippen molar-refractivity contribution in [1.29, 1.82) is 0 Å². The fourth-order valence-electron chi connectivity index (χ4n) is 3.85. The van der Waals surface area contributed by atoms with E-state index in [2.05, 4.69) is 0 Å². The number of nitrogens with zero attached hydrogens (tertiary/aromatic N) is 1. The quantitative estimate of drug-likeness (QED) is 0.300. The molecule has 1 aliphatic rings. The van der Waals surface area contributed by atoms with Crippen molar-refractivity contribution in [2.24, 2.45) is 0 Å². The molecule has 0 bridgehead atoms. The Balaban J connectivity index is 1.80. The zero-order chi connectivity index (χ0) is 23.5. The number of methoxy groups -OCH3 is 1. The second-order valence-electron chi connectivity index (χ2n) is 7.36. The number of carbonyl (C=O) groups is 2. The van der Waals surface area contributed by atoms with Crippen LogP contribution in [-0.4, -0.2) is 35.4 Å². The average Bonchev–Trinajstić information content (AvgIpc) is 3.43. The number of ether oxygens (including phenoxy) is 2. The highest BCUT2D eigenvalue weighted by atomic mass is 35.5. The maximum Gasteiger partial charge on any atom is 0.296 e. The minimum atomic E-state index is -0.921. The Bertz CT molecular complexity index is 1200. The van der Waals surface area contributed by atoms with E-state index in [1.165, 1.54) is 24.3 Å². The van der Waals surface area contributed by atoms with E-state index in [-0.39, 0.29) is 23.4 Å². The molecular weight excluding hydrogens is 446 g/mol. The Morgan fingerprint density at radius 3 is 2.55 bits per heavy atom. The van der Waals surface area contributed by atoms with Crippen molar-refractivity contribution in [3.8, 4) is 11.5 Å². The van der Waals surface area contributed by atoms with Crippen LogP contribution in [0.15, 0.2) is 70.9 Å². The number of aliphatic hydroxyl groups excluding tert-OH is 1. The number of furan rings is 1. The van der Waals surface area contributed by atoms with Crippen molar-refractivity contribution in [2.45, 2.75) is 19.5 Å². The van der Waals surface area contributed by atoms with Gasteiger partial charge < -0.3 is 23.9 Å². The average molecular weight is 468 g/mol. The number of benzene rings is 2. The summed E-state index contributed by atoms with van der Waals surface area (Å²) < 4.78 is 16.4. The first-order valence-corrected chi connectivity index (χ1v) is 10.7. The van der Waals surface area contributed by atoms with Gasteiger partial charge in [-0.3, -0.25) is 9.59 Å². The molecule has 1 N–H and O–H groups in total. The molecule has 1 unspecified atom stereocenters. The number of rotatable bonds is 7. The van der Waals surface area contributed by atoms with Crippen LogP contribution in [-0.2, 0) is 16.1 Å². The summed E-state index contributed by atoms with van der Waals surface area (Å²) in [6.07, 6.45) is 1.45. The lowest BCUT2D eigenvalue weighted by atomic mass is 9.98. The van der Waals surface area contributed by atoms with Gasteiger partial charge in [-0.2, -0.15) is 0 Å². The van der Waals surface area contributed by atoms with E-state index < -0.39 is 17.7 Å². The molecule has 1 amide bonds. The number of carbonyl (C=O) groups excluding carboxylic acids is 2. The molecule has 1 fully saturated rings. The van der Waals surface area contributed by atoms with Gasteiger partial charge in [0.2, 0.25) is 0 Å². The molecule has 1 atom stereocenters. The summed E-state index contributed by atoms with van der Waals surface area (Å²) in [5, 5.41) is 11.5. The number of amides is 1. The van der Waals surface area contributed by atoms with Crippen LogP contribution in [0.25, 0.3) is 5.76 Å². The largest absolute Gasteiger partial charge is 0.507 e. The van der Waals surface area contributed by atoms with Crippen molar-refractivity contribution >= 4 is 29.1 Å². The second-order valence-corrected chi connectivity index (χ2v) is 7.80. The van der Waals surface area contributed by atoms with Crippen molar-refractivity contribution in [1.82, 2.24) is 4.90 Å². The van der Waals surface area contributed by atoms with Gasteiger partial charge in [-0.1, -0.05) is 23.7 Å².